The lowest BCUT2D eigenvalue weighted by molar-refractivity contribution is -0.137. The van der Waals surface area contributed by atoms with Crippen molar-refractivity contribution in [3.05, 3.63) is 74.9 Å². The summed E-state index contributed by atoms with van der Waals surface area (Å²) in [7, 11) is 0. The summed E-state index contributed by atoms with van der Waals surface area (Å²) in [6.45, 7) is 1.95. The van der Waals surface area contributed by atoms with Gasteiger partial charge >= 0.3 is 6.18 Å². The summed E-state index contributed by atoms with van der Waals surface area (Å²) in [4.78, 5) is 11.8. The standard InChI is InChI=1S/C17H12ClF3N2O2/c1-10-7-12(25-22-10)9-23-6-5-11(24)8-15(23)13-3-2-4-14(16(13)18)17(19,20)21/h2-8H,9H2,1H3. The van der Waals surface area contributed by atoms with Crippen LogP contribution in [0.15, 0.2) is 51.9 Å². The van der Waals surface area contributed by atoms with Gasteiger partial charge in [-0.25, -0.2) is 0 Å². The first-order chi connectivity index (χ1) is 11.8. The molecule has 0 aliphatic rings. The van der Waals surface area contributed by atoms with Crippen molar-refractivity contribution in [2.24, 2.45) is 0 Å². The second-order valence-electron chi connectivity index (χ2n) is 5.48. The fourth-order valence-electron chi connectivity index (χ4n) is 2.49. The molecule has 0 atom stereocenters. The van der Waals surface area contributed by atoms with Crippen LogP contribution in [-0.2, 0) is 12.7 Å². The Hall–Kier alpha value is -2.54. The van der Waals surface area contributed by atoms with Crippen molar-refractivity contribution in [2.45, 2.75) is 19.6 Å². The van der Waals surface area contributed by atoms with E-state index in [1.54, 1.807) is 17.6 Å². The van der Waals surface area contributed by atoms with Crippen molar-refractivity contribution < 1.29 is 17.7 Å². The first-order valence-corrected chi connectivity index (χ1v) is 7.62. The van der Waals surface area contributed by atoms with Gasteiger partial charge in [-0.3, -0.25) is 4.79 Å². The Labute approximate surface area is 145 Å². The molecular weight excluding hydrogens is 357 g/mol. The van der Waals surface area contributed by atoms with Crippen molar-refractivity contribution >= 4 is 11.6 Å². The SMILES string of the molecule is Cc1cc(Cn2ccc(=O)cc2-c2cccc(C(F)(F)F)c2Cl)on1. The van der Waals surface area contributed by atoms with Gasteiger partial charge < -0.3 is 9.09 Å². The van der Waals surface area contributed by atoms with Gasteiger partial charge in [-0.2, -0.15) is 13.2 Å². The van der Waals surface area contributed by atoms with Crippen molar-refractivity contribution in [2.75, 3.05) is 0 Å². The zero-order valence-electron chi connectivity index (χ0n) is 13.0. The van der Waals surface area contributed by atoms with Crippen molar-refractivity contribution in [1.82, 2.24) is 9.72 Å². The van der Waals surface area contributed by atoms with Gasteiger partial charge in [-0.15, -0.1) is 0 Å². The second-order valence-corrected chi connectivity index (χ2v) is 5.85. The minimum atomic E-state index is -4.59. The predicted octanol–water partition coefficient (Wildman–Crippen LogP) is 4.53. The Balaban J connectivity index is 2.14. The summed E-state index contributed by atoms with van der Waals surface area (Å²) >= 11 is 5.99. The number of benzene rings is 1. The van der Waals surface area contributed by atoms with Crippen LogP contribution in [0.3, 0.4) is 0 Å². The third-order valence-electron chi connectivity index (χ3n) is 3.59. The third kappa shape index (κ3) is 3.61. The Morgan fingerprint density at radius 1 is 1.24 bits per heavy atom. The van der Waals surface area contributed by atoms with Gasteiger partial charge in [0.15, 0.2) is 11.2 Å². The smallest absolute Gasteiger partial charge is 0.359 e. The highest BCUT2D eigenvalue weighted by Crippen LogP contribution is 2.39. The van der Waals surface area contributed by atoms with Crippen molar-refractivity contribution in [3.8, 4) is 11.3 Å². The molecule has 0 spiro atoms. The topological polar surface area (TPSA) is 48.0 Å². The maximum absolute atomic E-state index is 13.1. The number of aryl methyl sites for hydroxylation is 1. The molecule has 2 aromatic heterocycles. The summed E-state index contributed by atoms with van der Waals surface area (Å²) < 4.78 is 46.0. The van der Waals surface area contributed by atoms with E-state index >= 15 is 0 Å². The monoisotopic (exact) mass is 368 g/mol. The molecule has 25 heavy (non-hydrogen) atoms. The fourth-order valence-corrected chi connectivity index (χ4v) is 2.82. The summed E-state index contributed by atoms with van der Waals surface area (Å²) in [5.74, 6) is 0.505. The van der Waals surface area contributed by atoms with E-state index in [-0.39, 0.29) is 23.2 Å². The first kappa shape index (κ1) is 17.3. The maximum atomic E-state index is 13.1. The van der Waals surface area contributed by atoms with Gasteiger partial charge in [-0.1, -0.05) is 28.9 Å². The molecule has 130 valence electrons. The van der Waals surface area contributed by atoms with Crippen LogP contribution in [0.1, 0.15) is 17.0 Å². The van der Waals surface area contributed by atoms with E-state index in [1.165, 1.54) is 30.5 Å². The van der Waals surface area contributed by atoms with Crippen LogP contribution >= 0.6 is 11.6 Å². The van der Waals surface area contributed by atoms with E-state index in [9.17, 15) is 18.0 Å². The number of pyridine rings is 1. The fraction of sp³-hybridized carbons (Fsp3) is 0.176. The first-order valence-electron chi connectivity index (χ1n) is 7.24. The Kier molecular flexibility index (Phi) is 4.43. The molecule has 0 N–H and O–H groups in total. The lowest BCUT2D eigenvalue weighted by atomic mass is 10.1. The number of hydrogen-bond acceptors (Lipinski definition) is 3. The summed E-state index contributed by atoms with van der Waals surface area (Å²) in [5.41, 5.74) is -0.240. The molecule has 0 aliphatic carbocycles. The molecule has 1 aromatic carbocycles. The summed E-state index contributed by atoms with van der Waals surface area (Å²) in [6, 6.07) is 7.85. The van der Waals surface area contributed by atoms with E-state index in [4.69, 9.17) is 16.1 Å². The number of nitrogens with zero attached hydrogens (tertiary/aromatic N) is 2. The highest BCUT2D eigenvalue weighted by Gasteiger charge is 2.34. The van der Waals surface area contributed by atoms with Gasteiger partial charge in [-0.05, 0) is 13.0 Å². The van der Waals surface area contributed by atoms with Crippen molar-refractivity contribution in [1.29, 1.82) is 0 Å². The molecule has 3 rings (SSSR count). The molecule has 0 unspecified atom stereocenters. The van der Waals surface area contributed by atoms with Crippen LogP contribution in [0, 0.1) is 6.92 Å². The van der Waals surface area contributed by atoms with Gasteiger partial charge in [0.25, 0.3) is 0 Å². The minimum Gasteiger partial charge on any atom is -0.359 e. The number of hydrogen-bond donors (Lipinski definition) is 0. The molecular formula is C17H12ClF3N2O2. The van der Waals surface area contributed by atoms with E-state index in [0.717, 1.165) is 6.07 Å². The van der Waals surface area contributed by atoms with Crippen LogP contribution in [0.5, 0.6) is 0 Å². The lowest BCUT2D eigenvalue weighted by Crippen LogP contribution is -2.11. The van der Waals surface area contributed by atoms with Crippen LogP contribution in [-0.4, -0.2) is 9.72 Å². The predicted molar refractivity (Wildman–Crippen MR) is 86.5 cm³/mol. The molecule has 0 radical (unpaired) electrons. The maximum Gasteiger partial charge on any atom is 0.417 e. The molecule has 0 saturated carbocycles. The lowest BCUT2D eigenvalue weighted by Gasteiger charge is -2.16. The average Bonchev–Trinajstić information content (AvgIpc) is 2.93. The molecule has 3 aromatic rings. The van der Waals surface area contributed by atoms with E-state index < -0.39 is 16.8 Å². The number of rotatable bonds is 3. The average molecular weight is 369 g/mol. The Morgan fingerprint density at radius 2 is 2.00 bits per heavy atom. The van der Waals surface area contributed by atoms with Gasteiger partial charge in [0, 0.05) is 30.0 Å². The second kappa shape index (κ2) is 6.40. The molecule has 0 fully saturated rings. The van der Waals surface area contributed by atoms with E-state index in [1.807, 2.05) is 0 Å². The molecule has 0 saturated heterocycles. The van der Waals surface area contributed by atoms with Gasteiger partial charge in [0.2, 0.25) is 0 Å². The Morgan fingerprint density at radius 3 is 2.64 bits per heavy atom. The van der Waals surface area contributed by atoms with Gasteiger partial charge in [0.05, 0.1) is 28.5 Å². The van der Waals surface area contributed by atoms with Crippen LogP contribution in [0.4, 0.5) is 13.2 Å². The van der Waals surface area contributed by atoms with Crippen LogP contribution in [0.2, 0.25) is 5.02 Å². The van der Waals surface area contributed by atoms with Crippen LogP contribution in [0.25, 0.3) is 11.3 Å². The van der Waals surface area contributed by atoms with Crippen molar-refractivity contribution in [3.63, 3.8) is 0 Å². The van der Waals surface area contributed by atoms with E-state index in [2.05, 4.69) is 5.16 Å². The quantitative estimate of drug-likeness (QED) is 0.682. The molecule has 8 heteroatoms. The largest absolute Gasteiger partial charge is 0.417 e. The molecule has 0 amide bonds. The molecule has 0 aliphatic heterocycles. The molecule has 4 nitrogen and oxygen atoms in total. The highest BCUT2D eigenvalue weighted by molar-refractivity contribution is 6.34. The Bertz CT molecular complexity index is 977. The number of alkyl halides is 3. The molecule has 2 heterocycles. The van der Waals surface area contributed by atoms with Gasteiger partial charge in [0.1, 0.15) is 0 Å². The summed E-state index contributed by atoms with van der Waals surface area (Å²) in [6.07, 6.45) is -3.11. The van der Waals surface area contributed by atoms with Crippen LogP contribution < -0.4 is 5.43 Å². The number of halogens is 4. The highest BCUT2D eigenvalue weighted by atomic mass is 35.5. The zero-order valence-corrected chi connectivity index (χ0v) is 13.7. The zero-order chi connectivity index (χ0) is 18.2. The normalized spacial score (nSPS) is 11.7. The molecule has 0 bridgehead atoms. The minimum absolute atomic E-state index is 0.116. The number of aromatic nitrogens is 2. The summed E-state index contributed by atoms with van der Waals surface area (Å²) in [5, 5.41) is 3.32. The van der Waals surface area contributed by atoms with E-state index in [0.29, 0.717) is 11.5 Å². The third-order valence-corrected chi connectivity index (χ3v) is 4.00.